The fourth-order valence-electron chi connectivity index (χ4n) is 1.23. The standard InChI is InChI=1S/C12H19N3O3/c1-3-18-12(17)9-4-5-11(14-6-9)15-7-10(13)8(2)16/h4-6,8,10,16H,3,7,13H2,1-2H3,(H,14,15). The van der Waals surface area contributed by atoms with Gasteiger partial charge in [-0.2, -0.15) is 0 Å². The Morgan fingerprint density at radius 3 is 2.83 bits per heavy atom. The number of pyridine rings is 1. The number of aliphatic hydroxyl groups excluding tert-OH is 1. The summed E-state index contributed by atoms with van der Waals surface area (Å²) in [4.78, 5) is 15.4. The summed E-state index contributed by atoms with van der Waals surface area (Å²) in [6.07, 6.45) is 0.852. The Bertz CT molecular complexity index is 379. The number of aliphatic hydroxyl groups is 1. The van der Waals surface area contributed by atoms with Crippen molar-refractivity contribution in [3.63, 3.8) is 0 Å². The second-order valence-electron chi connectivity index (χ2n) is 3.94. The number of nitrogens with one attached hydrogen (secondary N) is 1. The number of hydrogen-bond acceptors (Lipinski definition) is 6. The van der Waals surface area contributed by atoms with E-state index in [1.165, 1.54) is 6.20 Å². The van der Waals surface area contributed by atoms with Crippen LogP contribution in [-0.4, -0.2) is 41.4 Å². The van der Waals surface area contributed by atoms with E-state index in [4.69, 9.17) is 10.5 Å². The van der Waals surface area contributed by atoms with Crippen molar-refractivity contribution >= 4 is 11.8 Å². The molecule has 1 aromatic heterocycles. The van der Waals surface area contributed by atoms with Crippen molar-refractivity contribution in [2.45, 2.75) is 26.0 Å². The van der Waals surface area contributed by atoms with Crippen LogP contribution in [0.4, 0.5) is 5.82 Å². The van der Waals surface area contributed by atoms with Crippen LogP contribution in [0.5, 0.6) is 0 Å². The molecule has 0 saturated heterocycles. The van der Waals surface area contributed by atoms with E-state index >= 15 is 0 Å². The van der Waals surface area contributed by atoms with Crippen molar-refractivity contribution in [1.29, 1.82) is 0 Å². The highest BCUT2D eigenvalue weighted by atomic mass is 16.5. The van der Waals surface area contributed by atoms with Crippen LogP contribution in [0.15, 0.2) is 18.3 Å². The number of nitrogens with two attached hydrogens (primary N) is 1. The van der Waals surface area contributed by atoms with Gasteiger partial charge in [-0.25, -0.2) is 9.78 Å². The Morgan fingerprint density at radius 1 is 1.61 bits per heavy atom. The molecule has 0 aromatic carbocycles. The molecule has 1 aromatic rings. The molecule has 4 N–H and O–H groups in total. The van der Waals surface area contributed by atoms with Gasteiger partial charge in [-0.1, -0.05) is 0 Å². The predicted molar refractivity (Wildman–Crippen MR) is 68.3 cm³/mol. The van der Waals surface area contributed by atoms with Gasteiger partial charge in [0.15, 0.2) is 0 Å². The largest absolute Gasteiger partial charge is 0.462 e. The van der Waals surface area contributed by atoms with Crippen molar-refractivity contribution in [2.75, 3.05) is 18.5 Å². The predicted octanol–water partition coefficient (Wildman–Crippen LogP) is 0.378. The lowest BCUT2D eigenvalue weighted by Gasteiger charge is -2.15. The van der Waals surface area contributed by atoms with E-state index in [-0.39, 0.29) is 6.04 Å². The number of carbonyl (C=O) groups is 1. The van der Waals surface area contributed by atoms with Gasteiger partial charge in [-0.05, 0) is 26.0 Å². The highest BCUT2D eigenvalue weighted by Gasteiger charge is 2.10. The van der Waals surface area contributed by atoms with Crippen molar-refractivity contribution in [3.8, 4) is 0 Å². The van der Waals surface area contributed by atoms with Crippen LogP contribution in [0.25, 0.3) is 0 Å². The Hall–Kier alpha value is -1.66. The summed E-state index contributed by atoms with van der Waals surface area (Å²) in [5, 5.41) is 12.2. The maximum absolute atomic E-state index is 11.4. The fourth-order valence-corrected chi connectivity index (χ4v) is 1.23. The first-order valence-electron chi connectivity index (χ1n) is 5.85. The number of ether oxygens (including phenoxy) is 1. The van der Waals surface area contributed by atoms with Crippen LogP contribution < -0.4 is 11.1 Å². The molecular weight excluding hydrogens is 234 g/mol. The van der Waals surface area contributed by atoms with Gasteiger partial charge in [0.2, 0.25) is 0 Å². The molecule has 0 saturated carbocycles. The summed E-state index contributed by atoms with van der Waals surface area (Å²) in [7, 11) is 0. The minimum atomic E-state index is -0.587. The summed E-state index contributed by atoms with van der Waals surface area (Å²) < 4.78 is 4.85. The summed E-state index contributed by atoms with van der Waals surface area (Å²) in [5.41, 5.74) is 6.07. The number of anilines is 1. The average molecular weight is 253 g/mol. The summed E-state index contributed by atoms with van der Waals surface area (Å²) in [5.74, 6) is 0.205. The number of carbonyl (C=O) groups excluding carboxylic acids is 1. The summed E-state index contributed by atoms with van der Waals surface area (Å²) in [6, 6.07) is 2.93. The molecule has 0 amide bonds. The zero-order valence-electron chi connectivity index (χ0n) is 10.6. The molecule has 100 valence electrons. The zero-order valence-corrected chi connectivity index (χ0v) is 10.6. The lowest BCUT2D eigenvalue weighted by molar-refractivity contribution is 0.0526. The molecular formula is C12H19N3O3. The molecule has 2 atom stereocenters. The molecule has 0 aliphatic rings. The van der Waals surface area contributed by atoms with E-state index in [0.29, 0.717) is 24.5 Å². The van der Waals surface area contributed by atoms with Gasteiger partial charge in [0.25, 0.3) is 0 Å². The third-order valence-corrected chi connectivity index (χ3v) is 2.41. The first-order chi connectivity index (χ1) is 8.54. The van der Waals surface area contributed by atoms with Crippen LogP contribution in [0, 0.1) is 0 Å². The first-order valence-corrected chi connectivity index (χ1v) is 5.85. The molecule has 0 aliphatic heterocycles. The van der Waals surface area contributed by atoms with Gasteiger partial charge in [-0.3, -0.25) is 0 Å². The molecule has 6 nitrogen and oxygen atoms in total. The topological polar surface area (TPSA) is 97.5 Å². The molecule has 0 bridgehead atoms. The third kappa shape index (κ3) is 4.31. The minimum Gasteiger partial charge on any atom is -0.462 e. The lowest BCUT2D eigenvalue weighted by Crippen LogP contribution is -2.38. The number of nitrogens with zero attached hydrogens (tertiary/aromatic N) is 1. The normalized spacial score (nSPS) is 13.8. The van der Waals surface area contributed by atoms with E-state index in [0.717, 1.165) is 0 Å². The molecule has 0 spiro atoms. The Kier molecular flexibility index (Phi) is 5.54. The molecule has 18 heavy (non-hydrogen) atoms. The van der Waals surface area contributed by atoms with Crippen molar-refractivity contribution in [2.24, 2.45) is 5.73 Å². The molecule has 2 unspecified atom stereocenters. The monoisotopic (exact) mass is 253 g/mol. The van der Waals surface area contributed by atoms with Crippen molar-refractivity contribution in [3.05, 3.63) is 23.9 Å². The second-order valence-corrected chi connectivity index (χ2v) is 3.94. The molecule has 1 heterocycles. The third-order valence-electron chi connectivity index (χ3n) is 2.41. The van der Waals surface area contributed by atoms with Gasteiger partial charge in [-0.15, -0.1) is 0 Å². The van der Waals surface area contributed by atoms with Crippen LogP contribution in [0.2, 0.25) is 0 Å². The SMILES string of the molecule is CCOC(=O)c1ccc(NCC(N)C(C)O)nc1. The van der Waals surface area contributed by atoms with Crippen LogP contribution in [0.1, 0.15) is 24.2 Å². The highest BCUT2D eigenvalue weighted by molar-refractivity contribution is 5.89. The van der Waals surface area contributed by atoms with Crippen molar-refractivity contribution in [1.82, 2.24) is 4.98 Å². The Balaban J connectivity index is 2.53. The summed E-state index contributed by atoms with van der Waals surface area (Å²) in [6.45, 7) is 4.12. The highest BCUT2D eigenvalue weighted by Crippen LogP contribution is 2.06. The number of hydrogen-bond donors (Lipinski definition) is 3. The first kappa shape index (κ1) is 14.4. The van der Waals surface area contributed by atoms with E-state index in [2.05, 4.69) is 10.3 Å². The van der Waals surface area contributed by atoms with Crippen LogP contribution in [-0.2, 0) is 4.74 Å². The fraction of sp³-hybridized carbons (Fsp3) is 0.500. The van der Waals surface area contributed by atoms with E-state index in [1.54, 1.807) is 26.0 Å². The minimum absolute atomic E-state index is 0.335. The number of rotatable bonds is 6. The van der Waals surface area contributed by atoms with E-state index in [1.807, 2.05) is 0 Å². The van der Waals surface area contributed by atoms with Gasteiger partial charge in [0.05, 0.1) is 18.3 Å². The zero-order chi connectivity index (χ0) is 13.5. The summed E-state index contributed by atoms with van der Waals surface area (Å²) >= 11 is 0. The lowest BCUT2D eigenvalue weighted by atomic mass is 10.2. The van der Waals surface area contributed by atoms with Crippen LogP contribution >= 0.6 is 0 Å². The maximum atomic E-state index is 11.4. The Labute approximate surface area is 106 Å². The van der Waals surface area contributed by atoms with Crippen LogP contribution in [0.3, 0.4) is 0 Å². The smallest absolute Gasteiger partial charge is 0.339 e. The maximum Gasteiger partial charge on any atom is 0.339 e. The molecule has 1 rings (SSSR count). The van der Waals surface area contributed by atoms with Gasteiger partial charge in [0.1, 0.15) is 5.82 Å². The van der Waals surface area contributed by atoms with Gasteiger partial charge in [0, 0.05) is 18.8 Å². The molecule has 0 aliphatic carbocycles. The number of aromatic nitrogens is 1. The van der Waals surface area contributed by atoms with E-state index < -0.39 is 12.1 Å². The molecule has 6 heteroatoms. The van der Waals surface area contributed by atoms with Gasteiger partial charge < -0.3 is 20.9 Å². The van der Waals surface area contributed by atoms with E-state index in [9.17, 15) is 9.90 Å². The van der Waals surface area contributed by atoms with Gasteiger partial charge >= 0.3 is 5.97 Å². The average Bonchev–Trinajstić information content (AvgIpc) is 2.36. The molecule has 0 radical (unpaired) electrons. The second kappa shape index (κ2) is 6.93. The quantitative estimate of drug-likeness (QED) is 0.634. The number of esters is 1. The van der Waals surface area contributed by atoms with Crippen molar-refractivity contribution < 1.29 is 14.6 Å². The Morgan fingerprint density at radius 2 is 2.33 bits per heavy atom. The molecule has 0 fully saturated rings.